The Bertz CT molecular complexity index is 644. The topological polar surface area (TPSA) is 106 Å². The number of ether oxygens (including phenoxy) is 2. The van der Waals surface area contributed by atoms with Gasteiger partial charge in [-0.15, -0.1) is 0 Å². The van der Waals surface area contributed by atoms with E-state index < -0.39 is 17.9 Å². The Kier molecular flexibility index (Phi) is 8.41. The van der Waals surface area contributed by atoms with Crippen LogP contribution in [0.15, 0.2) is 18.2 Å². The van der Waals surface area contributed by atoms with Crippen LogP contribution >= 0.6 is 0 Å². The Balaban J connectivity index is 2.75. The fourth-order valence-corrected chi connectivity index (χ4v) is 1.96. The van der Waals surface area contributed by atoms with Crippen LogP contribution < -0.4 is 20.7 Å². The number of nitrogens with one attached hydrogen (secondary N) is 3. The average Bonchev–Trinajstić information content (AvgIpc) is 2.57. The van der Waals surface area contributed by atoms with Crippen molar-refractivity contribution in [2.75, 3.05) is 25.5 Å². The number of amides is 3. The molecular formula is C18H27N3O5. The number of carbonyl (C=O) groups excluding carboxylic acids is 3. The first-order valence-electron chi connectivity index (χ1n) is 8.43. The molecule has 0 aliphatic rings. The van der Waals surface area contributed by atoms with Crippen LogP contribution in [0.2, 0.25) is 0 Å². The molecule has 0 aromatic heterocycles. The van der Waals surface area contributed by atoms with Crippen LogP contribution in [-0.4, -0.2) is 44.2 Å². The van der Waals surface area contributed by atoms with Crippen LogP contribution in [0.25, 0.3) is 0 Å². The molecule has 26 heavy (non-hydrogen) atoms. The lowest BCUT2D eigenvalue weighted by Crippen LogP contribution is -2.43. The van der Waals surface area contributed by atoms with Gasteiger partial charge < -0.3 is 20.1 Å². The summed E-state index contributed by atoms with van der Waals surface area (Å²) in [5.41, 5.74) is 0.778. The van der Waals surface area contributed by atoms with Gasteiger partial charge in [-0.05, 0) is 38.0 Å². The highest BCUT2D eigenvalue weighted by Crippen LogP contribution is 2.27. The van der Waals surface area contributed by atoms with Crippen molar-refractivity contribution in [2.24, 2.45) is 5.92 Å². The van der Waals surface area contributed by atoms with Crippen molar-refractivity contribution in [3.63, 3.8) is 0 Å². The Labute approximate surface area is 153 Å². The average molecular weight is 365 g/mol. The van der Waals surface area contributed by atoms with E-state index >= 15 is 0 Å². The van der Waals surface area contributed by atoms with Gasteiger partial charge in [0.25, 0.3) is 0 Å². The molecule has 1 aromatic carbocycles. The second-order valence-corrected chi connectivity index (χ2v) is 6.37. The molecule has 0 unspecified atom stereocenters. The number of methoxy groups -OCH3 is 1. The molecule has 8 heteroatoms. The molecule has 0 heterocycles. The van der Waals surface area contributed by atoms with E-state index in [1.165, 1.54) is 13.2 Å². The molecular weight excluding hydrogens is 338 g/mol. The van der Waals surface area contributed by atoms with Gasteiger partial charge in [-0.25, -0.2) is 9.59 Å². The molecule has 3 amide bonds. The molecule has 0 aliphatic heterocycles. The molecule has 0 spiro atoms. The minimum absolute atomic E-state index is 0.0878. The molecule has 1 rings (SSSR count). The molecule has 0 atom stereocenters. The Hall–Kier alpha value is -2.77. The van der Waals surface area contributed by atoms with Gasteiger partial charge in [0.15, 0.2) is 0 Å². The monoisotopic (exact) mass is 365 g/mol. The Morgan fingerprint density at radius 1 is 1.12 bits per heavy atom. The van der Waals surface area contributed by atoms with E-state index in [4.69, 9.17) is 9.47 Å². The summed E-state index contributed by atoms with van der Waals surface area (Å²) in [6.45, 7) is 7.95. The second-order valence-electron chi connectivity index (χ2n) is 6.37. The summed E-state index contributed by atoms with van der Waals surface area (Å²) in [5, 5.41) is 7.71. The summed E-state index contributed by atoms with van der Waals surface area (Å²) in [6.07, 6.45) is -0.0878. The standard InChI is InChI=1S/C18H27N3O5/c1-11(2)9-20-18(24)21-16(22)10-19-14-8-13(17(23)25-5)6-7-15(14)26-12(3)4/h6-8,11-12,19H,9-10H2,1-5H3,(H2,20,21,22,24). The molecule has 0 radical (unpaired) electrons. The molecule has 0 fully saturated rings. The number of hydrogen-bond acceptors (Lipinski definition) is 6. The van der Waals surface area contributed by atoms with Crippen LogP contribution in [0, 0.1) is 5.92 Å². The molecule has 1 aromatic rings. The van der Waals surface area contributed by atoms with Crippen LogP contribution in [0.3, 0.4) is 0 Å². The van der Waals surface area contributed by atoms with E-state index in [0.29, 0.717) is 23.5 Å². The summed E-state index contributed by atoms with van der Waals surface area (Å²) < 4.78 is 10.4. The van der Waals surface area contributed by atoms with Crippen molar-refractivity contribution in [3.05, 3.63) is 23.8 Å². The first kappa shape index (κ1) is 21.3. The zero-order chi connectivity index (χ0) is 19.7. The minimum atomic E-state index is -0.549. The first-order valence-corrected chi connectivity index (χ1v) is 8.43. The number of carbonyl (C=O) groups is 3. The highest BCUT2D eigenvalue weighted by atomic mass is 16.5. The number of urea groups is 1. The van der Waals surface area contributed by atoms with E-state index in [2.05, 4.69) is 16.0 Å². The SMILES string of the molecule is COC(=O)c1ccc(OC(C)C)c(NCC(=O)NC(=O)NCC(C)C)c1. The lowest BCUT2D eigenvalue weighted by atomic mass is 10.2. The van der Waals surface area contributed by atoms with Gasteiger partial charge in [0.1, 0.15) is 5.75 Å². The van der Waals surface area contributed by atoms with Gasteiger partial charge in [-0.2, -0.15) is 0 Å². The second kappa shape index (κ2) is 10.3. The summed E-state index contributed by atoms with van der Waals surface area (Å²) in [4.78, 5) is 35.2. The van der Waals surface area contributed by atoms with Crippen molar-refractivity contribution < 1.29 is 23.9 Å². The third-order valence-electron chi connectivity index (χ3n) is 3.13. The number of anilines is 1. The first-order chi connectivity index (χ1) is 12.2. The smallest absolute Gasteiger partial charge is 0.337 e. The molecule has 3 N–H and O–H groups in total. The number of rotatable bonds is 8. The maximum atomic E-state index is 11.9. The molecule has 0 saturated heterocycles. The lowest BCUT2D eigenvalue weighted by Gasteiger charge is -2.16. The maximum absolute atomic E-state index is 11.9. The maximum Gasteiger partial charge on any atom is 0.337 e. The van der Waals surface area contributed by atoms with Crippen molar-refractivity contribution >= 4 is 23.6 Å². The molecule has 8 nitrogen and oxygen atoms in total. The number of benzene rings is 1. The van der Waals surface area contributed by atoms with Crippen molar-refractivity contribution in [1.82, 2.24) is 10.6 Å². The highest BCUT2D eigenvalue weighted by molar-refractivity contribution is 5.96. The zero-order valence-corrected chi connectivity index (χ0v) is 15.8. The summed E-state index contributed by atoms with van der Waals surface area (Å²) >= 11 is 0. The summed E-state index contributed by atoms with van der Waals surface area (Å²) in [5.74, 6) is -0.234. The van der Waals surface area contributed by atoms with E-state index in [-0.39, 0.29) is 18.6 Å². The van der Waals surface area contributed by atoms with Crippen LogP contribution in [-0.2, 0) is 9.53 Å². The lowest BCUT2D eigenvalue weighted by molar-refractivity contribution is -0.118. The summed E-state index contributed by atoms with van der Waals surface area (Å²) in [6, 6.07) is 4.19. The number of hydrogen-bond donors (Lipinski definition) is 3. The Morgan fingerprint density at radius 2 is 1.81 bits per heavy atom. The van der Waals surface area contributed by atoms with Crippen molar-refractivity contribution in [2.45, 2.75) is 33.8 Å². The van der Waals surface area contributed by atoms with E-state index in [1.807, 2.05) is 27.7 Å². The van der Waals surface area contributed by atoms with Gasteiger partial charge in [0, 0.05) is 6.54 Å². The fraction of sp³-hybridized carbons (Fsp3) is 0.500. The van der Waals surface area contributed by atoms with Gasteiger partial charge in [-0.3, -0.25) is 10.1 Å². The fourth-order valence-electron chi connectivity index (χ4n) is 1.96. The van der Waals surface area contributed by atoms with E-state index in [1.54, 1.807) is 12.1 Å². The van der Waals surface area contributed by atoms with E-state index in [9.17, 15) is 14.4 Å². The zero-order valence-electron chi connectivity index (χ0n) is 15.8. The number of imide groups is 1. The minimum Gasteiger partial charge on any atom is -0.489 e. The van der Waals surface area contributed by atoms with Gasteiger partial charge in [0.05, 0.1) is 31.0 Å². The number of esters is 1. The molecule has 144 valence electrons. The van der Waals surface area contributed by atoms with Crippen LogP contribution in [0.4, 0.5) is 10.5 Å². The van der Waals surface area contributed by atoms with Crippen LogP contribution in [0.1, 0.15) is 38.1 Å². The highest BCUT2D eigenvalue weighted by Gasteiger charge is 2.14. The van der Waals surface area contributed by atoms with E-state index in [0.717, 1.165) is 0 Å². The third-order valence-corrected chi connectivity index (χ3v) is 3.13. The quantitative estimate of drug-likeness (QED) is 0.610. The summed E-state index contributed by atoms with van der Waals surface area (Å²) in [7, 11) is 1.29. The predicted octanol–water partition coefficient (Wildman–Crippen LogP) is 2.15. The van der Waals surface area contributed by atoms with Crippen molar-refractivity contribution in [1.29, 1.82) is 0 Å². The largest absolute Gasteiger partial charge is 0.489 e. The van der Waals surface area contributed by atoms with Crippen LogP contribution in [0.5, 0.6) is 5.75 Å². The van der Waals surface area contributed by atoms with Gasteiger partial charge in [0.2, 0.25) is 5.91 Å². The van der Waals surface area contributed by atoms with Crippen molar-refractivity contribution in [3.8, 4) is 5.75 Å². The Morgan fingerprint density at radius 3 is 2.38 bits per heavy atom. The predicted molar refractivity (Wildman–Crippen MR) is 98.4 cm³/mol. The molecule has 0 bridgehead atoms. The van der Waals surface area contributed by atoms with Gasteiger partial charge >= 0.3 is 12.0 Å². The third kappa shape index (κ3) is 7.42. The molecule has 0 saturated carbocycles. The van der Waals surface area contributed by atoms with Gasteiger partial charge in [-0.1, -0.05) is 13.8 Å². The molecule has 0 aliphatic carbocycles. The normalized spacial score (nSPS) is 10.4.